The number of imidazole rings is 1. The number of H-pyrrole nitrogens is 1. The number of hydrogen-bond donors (Lipinski definition) is 1. The van der Waals surface area contributed by atoms with Gasteiger partial charge in [-0.15, -0.1) is 0 Å². The van der Waals surface area contributed by atoms with Gasteiger partial charge in [-0.2, -0.15) is 0 Å². The Bertz CT molecular complexity index is 494. The van der Waals surface area contributed by atoms with Gasteiger partial charge in [0.15, 0.2) is 11.5 Å². The summed E-state index contributed by atoms with van der Waals surface area (Å²) in [6, 6.07) is 0.490. The van der Waals surface area contributed by atoms with E-state index in [9.17, 15) is 0 Å². The molecule has 0 radical (unpaired) electrons. The van der Waals surface area contributed by atoms with Crippen LogP contribution in [0.25, 0.3) is 11.2 Å². The smallest absolute Gasteiger partial charge is 0.182 e. The van der Waals surface area contributed by atoms with Crippen molar-refractivity contribution in [1.29, 1.82) is 0 Å². The van der Waals surface area contributed by atoms with Crippen LogP contribution in [0.3, 0.4) is 0 Å². The topological polar surface area (TPSA) is 57.7 Å². The summed E-state index contributed by atoms with van der Waals surface area (Å²) in [5.74, 6) is 0.950. The van der Waals surface area contributed by atoms with Crippen molar-refractivity contribution in [2.45, 2.75) is 32.7 Å². The molecule has 0 atom stereocenters. The van der Waals surface area contributed by atoms with E-state index in [1.165, 1.54) is 0 Å². The molecule has 1 N–H and O–H groups in total. The molecule has 0 spiro atoms. The fourth-order valence-corrected chi connectivity index (χ4v) is 2.63. The molecule has 98 valence electrons. The van der Waals surface area contributed by atoms with Crippen LogP contribution in [0, 0.1) is 0 Å². The molecule has 0 fully saturated rings. The first-order valence-corrected chi connectivity index (χ1v) is 7.40. The monoisotopic (exact) mass is 311 g/mol. The van der Waals surface area contributed by atoms with Crippen LogP contribution in [0.15, 0.2) is 12.7 Å². The predicted octanol–water partition coefficient (Wildman–Crippen LogP) is 2.74. The molecule has 18 heavy (non-hydrogen) atoms. The van der Waals surface area contributed by atoms with E-state index in [1.54, 1.807) is 12.7 Å². The molecule has 0 unspecified atom stereocenters. The predicted molar refractivity (Wildman–Crippen MR) is 77.2 cm³/mol. The summed E-state index contributed by atoms with van der Waals surface area (Å²) in [4.78, 5) is 18.3. The standard InChI is InChI=1S/C12H18BrN5/c1-3-9(4-2)18(6-5-13)12-10-11(15-7-14-10)16-8-17-12/h7-9H,3-6H2,1-2H3,(H,14,15,16,17). The van der Waals surface area contributed by atoms with Crippen LogP contribution in [0.5, 0.6) is 0 Å². The van der Waals surface area contributed by atoms with Gasteiger partial charge in [-0.05, 0) is 12.8 Å². The summed E-state index contributed by atoms with van der Waals surface area (Å²) >= 11 is 3.52. The van der Waals surface area contributed by atoms with Crippen LogP contribution in [-0.4, -0.2) is 37.9 Å². The van der Waals surface area contributed by atoms with Crippen LogP contribution in [0.2, 0.25) is 0 Å². The number of nitrogens with one attached hydrogen (secondary N) is 1. The lowest BCUT2D eigenvalue weighted by Crippen LogP contribution is -2.36. The second-order valence-electron chi connectivity index (χ2n) is 4.15. The van der Waals surface area contributed by atoms with Gasteiger partial charge < -0.3 is 9.88 Å². The third-order valence-electron chi connectivity index (χ3n) is 3.18. The van der Waals surface area contributed by atoms with Gasteiger partial charge in [0.05, 0.1) is 6.33 Å². The highest BCUT2D eigenvalue weighted by molar-refractivity contribution is 9.09. The largest absolute Gasteiger partial charge is 0.351 e. The van der Waals surface area contributed by atoms with Crippen LogP contribution < -0.4 is 4.90 Å². The van der Waals surface area contributed by atoms with Crippen molar-refractivity contribution in [2.24, 2.45) is 0 Å². The molecule has 6 heteroatoms. The molecule has 2 heterocycles. The highest BCUT2D eigenvalue weighted by Crippen LogP contribution is 2.24. The van der Waals surface area contributed by atoms with Crippen LogP contribution in [0.4, 0.5) is 5.82 Å². The molecule has 0 aliphatic heterocycles. The minimum Gasteiger partial charge on any atom is -0.351 e. The average molecular weight is 312 g/mol. The first-order chi connectivity index (χ1) is 8.81. The Labute approximate surface area is 115 Å². The molecule has 2 aromatic rings. The minimum atomic E-state index is 0.490. The van der Waals surface area contributed by atoms with Gasteiger partial charge in [0.2, 0.25) is 0 Å². The number of aromatic nitrogens is 4. The van der Waals surface area contributed by atoms with Crippen molar-refractivity contribution in [3.8, 4) is 0 Å². The quantitative estimate of drug-likeness (QED) is 0.833. The number of nitrogens with zero attached hydrogens (tertiary/aromatic N) is 4. The van der Waals surface area contributed by atoms with E-state index in [4.69, 9.17) is 0 Å². The van der Waals surface area contributed by atoms with Gasteiger partial charge >= 0.3 is 0 Å². The van der Waals surface area contributed by atoms with Crippen molar-refractivity contribution < 1.29 is 0 Å². The molecule has 0 aliphatic carbocycles. The Morgan fingerprint density at radius 3 is 2.72 bits per heavy atom. The summed E-state index contributed by atoms with van der Waals surface area (Å²) < 4.78 is 0. The molecule has 5 nitrogen and oxygen atoms in total. The number of rotatable bonds is 6. The highest BCUT2D eigenvalue weighted by Gasteiger charge is 2.19. The van der Waals surface area contributed by atoms with E-state index in [0.29, 0.717) is 6.04 Å². The maximum absolute atomic E-state index is 4.44. The van der Waals surface area contributed by atoms with E-state index in [0.717, 1.165) is 41.7 Å². The molecule has 0 saturated heterocycles. The van der Waals surface area contributed by atoms with Crippen LogP contribution >= 0.6 is 15.9 Å². The van der Waals surface area contributed by atoms with E-state index < -0.39 is 0 Å². The second-order valence-corrected chi connectivity index (χ2v) is 4.94. The molecule has 0 aliphatic rings. The maximum atomic E-state index is 4.44. The Morgan fingerprint density at radius 2 is 2.06 bits per heavy atom. The molecule has 2 aromatic heterocycles. The first-order valence-electron chi connectivity index (χ1n) is 6.28. The molecule has 0 bridgehead atoms. The fourth-order valence-electron chi connectivity index (χ4n) is 2.25. The summed E-state index contributed by atoms with van der Waals surface area (Å²) in [5, 5.41) is 0.920. The van der Waals surface area contributed by atoms with Crippen molar-refractivity contribution >= 4 is 32.9 Å². The lowest BCUT2D eigenvalue weighted by molar-refractivity contribution is 0.565. The average Bonchev–Trinajstić information content (AvgIpc) is 2.87. The molecule has 0 amide bonds. The SMILES string of the molecule is CCC(CC)N(CCBr)c1ncnc2nc[nH]c12. The molecule has 0 aromatic carbocycles. The highest BCUT2D eigenvalue weighted by atomic mass is 79.9. The van der Waals surface area contributed by atoms with Gasteiger partial charge in [-0.3, -0.25) is 0 Å². The maximum Gasteiger partial charge on any atom is 0.182 e. The van der Waals surface area contributed by atoms with Crippen LogP contribution in [-0.2, 0) is 0 Å². The lowest BCUT2D eigenvalue weighted by atomic mass is 10.1. The number of fused-ring (bicyclic) bond motifs is 1. The van der Waals surface area contributed by atoms with Gasteiger partial charge in [-0.1, -0.05) is 29.8 Å². The third-order valence-corrected chi connectivity index (χ3v) is 3.54. The van der Waals surface area contributed by atoms with Crippen molar-refractivity contribution in [3.63, 3.8) is 0 Å². The lowest BCUT2D eigenvalue weighted by Gasteiger charge is -2.31. The first kappa shape index (κ1) is 13.3. The Balaban J connectivity index is 2.43. The number of aromatic amines is 1. The fraction of sp³-hybridized carbons (Fsp3) is 0.583. The number of alkyl halides is 1. The minimum absolute atomic E-state index is 0.490. The van der Waals surface area contributed by atoms with Crippen molar-refractivity contribution in [1.82, 2.24) is 19.9 Å². The molecular formula is C12H18BrN5. The summed E-state index contributed by atoms with van der Waals surface area (Å²) in [5.41, 5.74) is 1.65. The zero-order valence-electron chi connectivity index (χ0n) is 10.7. The zero-order chi connectivity index (χ0) is 13.0. The summed E-state index contributed by atoms with van der Waals surface area (Å²) in [6.45, 7) is 5.35. The molecule has 0 saturated carbocycles. The number of hydrogen-bond acceptors (Lipinski definition) is 4. The third kappa shape index (κ3) is 2.48. The molecule has 2 rings (SSSR count). The van der Waals surface area contributed by atoms with Crippen molar-refractivity contribution in [3.05, 3.63) is 12.7 Å². The zero-order valence-corrected chi connectivity index (χ0v) is 12.3. The van der Waals surface area contributed by atoms with Gasteiger partial charge in [-0.25, -0.2) is 15.0 Å². The number of halogens is 1. The van der Waals surface area contributed by atoms with E-state index >= 15 is 0 Å². The molecular weight excluding hydrogens is 294 g/mol. The van der Waals surface area contributed by atoms with Gasteiger partial charge in [0.25, 0.3) is 0 Å². The second kappa shape index (κ2) is 6.13. The van der Waals surface area contributed by atoms with Crippen molar-refractivity contribution in [2.75, 3.05) is 16.8 Å². The van der Waals surface area contributed by atoms with E-state index in [-0.39, 0.29) is 0 Å². The van der Waals surface area contributed by atoms with E-state index in [1.807, 2.05) is 0 Å². The van der Waals surface area contributed by atoms with Crippen LogP contribution in [0.1, 0.15) is 26.7 Å². The summed E-state index contributed by atoms with van der Waals surface area (Å²) in [7, 11) is 0. The van der Waals surface area contributed by atoms with E-state index in [2.05, 4.69) is 54.6 Å². The number of anilines is 1. The Morgan fingerprint density at radius 1 is 1.28 bits per heavy atom. The van der Waals surface area contributed by atoms with Gasteiger partial charge in [0.1, 0.15) is 11.8 Å². The Hall–Kier alpha value is -1.17. The summed E-state index contributed by atoms with van der Waals surface area (Å²) in [6.07, 6.45) is 5.45. The van der Waals surface area contributed by atoms with Gasteiger partial charge in [0, 0.05) is 17.9 Å². The Kier molecular flexibility index (Phi) is 4.52. The normalized spacial score (nSPS) is 11.3.